The number of ether oxygens (including phenoxy) is 2. The van der Waals surface area contributed by atoms with Gasteiger partial charge in [0.1, 0.15) is 16.7 Å². The number of nitrogens with zero attached hydrogens (tertiary/aromatic N) is 2. The van der Waals surface area contributed by atoms with Gasteiger partial charge in [-0.25, -0.2) is 4.21 Å². The van der Waals surface area contributed by atoms with Crippen molar-refractivity contribution in [3.63, 3.8) is 0 Å². The summed E-state index contributed by atoms with van der Waals surface area (Å²) in [6, 6.07) is 11.9. The lowest BCUT2D eigenvalue weighted by Crippen LogP contribution is -2.64. The minimum Gasteiger partial charge on any atom is -0.491 e. The number of likely N-dealkylation sites (N-methyl/N-ethyl adjacent to an activating group) is 1. The van der Waals surface area contributed by atoms with E-state index in [0.717, 1.165) is 87.6 Å². The number of hydrogen-bond acceptors (Lipinski definition) is 7. The Morgan fingerprint density at radius 1 is 1.08 bits per heavy atom. The van der Waals surface area contributed by atoms with E-state index < -0.39 is 11.0 Å². The summed E-state index contributed by atoms with van der Waals surface area (Å²) in [6.07, 6.45) is 7.25. The number of hydrogen-bond donors (Lipinski definition) is 2. The van der Waals surface area contributed by atoms with Gasteiger partial charge in [-0.3, -0.25) is 9.52 Å². The highest BCUT2D eigenvalue weighted by Gasteiger charge is 2.46. The van der Waals surface area contributed by atoms with Gasteiger partial charge in [0.15, 0.2) is 0 Å². The number of nitrogens with one attached hydrogen (secondary N) is 2. The van der Waals surface area contributed by atoms with Gasteiger partial charge < -0.3 is 24.6 Å². The van der Waals surface area contributed by atoms with Crippen molar-refractivity contribution in [3.05, 3.63) is 58.1 Å². The molecule has 278 valence electrons. The molecular formula is C40H61ClN4O4S. The summed E-state index contributed by atoms with van der Waals surface area (Å²) in [5, 5.41) is 3.86. The fraction of sp³-hybridized carbons (Fsp3) is 0.675. The Hall–Kier alpha value is -2.17. The Morgan fingerprint density at radius 2 is 1.84 bits per heavy atom. The average Bonchev–Trinajstić information content (AvgIpc) is 3.24. The van der Waals surface area contributed by atoms with Gasteiger partial charge in [0.2, 0.25) is 0 Å². The molecular weight excluding hydrogens is 668 g/mol. The number of aryl methyl sites for hydroxylation is 1. The van der Waals surface area contributed by atoms with Gasteiger partial charge in [-0.1, -0.05) is 44.4 Å². The molecule has 2 fully saturated rings. The Kier molecular flexibility index (Phi) is 13.0. The van der Waals surface area contributed by atoms with E-state index in [-0.39, 0.29) is 28.6 Å². The van der Waals surface area contributed by atoms with E-state index in [9.17, 15) is 9.00 Å². The molecule has 1 saturated heterocycles. The lowest BCUT2D eigenvalue weighted by Gasteiger charge is -2.50. The van der Waals surface area contributed by atoms with Crippen LogP contribution in [0.1, 0.15) is 101 Å². The summed E-state index contributed by atoms with van der Waals surface area (Å²) in [5.41, 5.74) is 4.24. The number of carbonyl (C=O) groups is 1. The lowest BCUT2D eigenvalue weighted by atomic mass is 9.63. The maximum Gasteiger partial charge on any atom is 0.263 e. The molecule has 0 aromatic heterocycles. The minimum absolute atomic E-state index is 0.148. The topological polar surface area (TPSA) is 83.1 Å². The van der Waals surface area contributed by atoms with Crippen LogP contribution in [-0.4, -0.2) is 85.4 Å². The zero-order valence-corrected chi connectivity index (χ0v) is 33.2. The van der Waals surface area contributed by atoms with Crippen molar-refractivity contribution in [1.29, 1.82) is 0 Å². The standard InChI is InChI=1S/C34H47ClN2O4S.C6H14N2/c1-6-8-24-17-28(35)12-13-29(24)27-20-37-19-26-10-14-30(26)34(4,40-5)16-7-9-22(2)23(3)42(39)36-33(38)25-11-15-32(41-21-27)31(37)18-25;1-6(8(2)3)4-7-5-6/h11-13,15,17-18,22-23,26-27,30H,6-10,14,16,19-21H2,1-5H3,(H,36,38);7H,4-5H2,1-3H3/t22?,23?,26?,27?,30?,34-,42?;/m0./s1. The average molecular weight is 729 g/mol. The van der Waals surface area contributed by atoms with Crippen LogP contribution >= 0.6 is 11.6 Å². The van der Waals surface area contributed by atoms with Crippen molar-refractivity contribution in [1.82, 2.24) is 14.9 Å². The number of methoxy groups -OCH3 is 1. The molecule has 10 heteroatoms. The number of benzene rings is 2. The minimum atomic E-state index is -1.48. The van der Waals surface area contributed by atoms with E-state index >= 15 is 0 Å². The van der Waals surface area contributed by atoms with Crippen molar-refractivity contribution >= 4 is 34.2 Å². The number of amides is 1. The van der Waals surface area contributed by atoms with Crippen LogP contribution in [0.25, 0.3) is 0 Å². The van der Waals surface area contributed by atoms with Crippen LogP contribution in [0.2, 0.25) is 5.02 Å². The van der Waals surface area contributed by atoms with Crippen molar-refractivity contribution in [2.45, 2.75) is 102 Å². The van der Waals surface area contributed by atoms with Crippen LogP contribution in [-0.2, 0) is 22.1 Å². The summed E-state index contributed by atoms with van der Waals surface area (Å²) in [4.78, 5) is 18.0. The van der Waals surface area contributed by atoms with E-state index in [1.807, 2.05) is 32.2 Å². The number of fused-ring (bicyclic) bond motifs is 2. The molecule has 6 unspecified atom stereocenters. The highest BCUT2D eigenvalue weighted by Crippen LogP contribution is 2.48. The molecule has 1 saturated carbocycles. The van der Waals surface area contributed by atoms with Gasteiger partial charge in [-0.15, -0.1) is 0 Å². The number of carbonyl (C=O) groups excluding carboxylic acids is 1. The monoisotopic (exact) mass is 728 g/mol. The third kappa shape index (κ3) is 8.71. The second-order valence-electron chi connectivity index (χ2n) is 15.9. The zero-order chi connectivity index (χ0) is 36.2. The SMILES string of the molecule is CCCc1cc(Cl)ccc1C1COc2ccc3cc2N(C1)CC1CCC1[C@@](C)(OC)CCCC(C)C(C)S(=O)NC3=O.CN(C)C1(C)CNC1. The summed E-state index contributed by atoms with van der Waals surface area (Å²) >= 11 is 6.42. The molecule has 1 amide bonds. The molecule has 3 heterocycles. The van der Waals surface area contributed by atoms with Gasteiger partial charge in [-0.05, 0) is 126 Å². The van der Waals surface area contributed by atoms with Gasteiger partial charge in [0.25, 0.3) is 5.91 Å². The fourth-order valence-electron chi connectivity index (χ4n) is 8.04. The van der Waals surface area contributed by atoms with Crippen molar-refractivity contribution in [2.75, 3.05) is 58.9 Å². The second-order valence-corrected chi connectivity index (χ2v) is 17.9. The van der Waals surface area contributed by atoms with Gasteiger partial charge in [0.05, 0.1) is 23.1 Å². The molecule has 2 bridgehead atoms. The van der Waals surface area contributed by atoms with Crippen molar-refractivity contribution < 1.29 is 18.5 Å². The second kappa shape index (κ2) is 16.7. The first-order chi connectivity index (χ1) is 23.8. The summed E-state index contributed by atoms with van der Waals surface area (Å²) in [7, 11) is 4.63. The Morgan fingerprint density at radius 3 is 2.44 bits per heavy atom. The molecule has 2 aromatic rings. The normalized spacial score (nSPS) is 31.1. The highest BCUT2D eigenvalue weighted by atomic mass is 35.5. The molecule has 0 spiro atoms. The van der Waals surface area contributed by atoms with Crippen LogP contribution in [0.5, 0.6) is 5.75 Å². The van der Waals surface area contributed by atoms with Gasteiger partial charge >= 0.3 is 0 Å². The molecule has 0 radical (unpaired) electrons. The van der Waals surface area contributed by atoms with Gasteiger partial charge in [0, 0.05) is 55.3 Å². The van der Waals surface area contributed by atoms with E-state index in [1.54, 1.807) is 6.07 Å². The Bertz CT molecular complexity index is 1500. The smallest absolute Gasteiger partial charge is 0.263 e. The maximum atomic E-state index is 13.3. The first-order valence-corrected chi connectivity index (χ1v) is 20.3. The molecule has 3 aliphatic heterocycles. The lowest BCUT2D eigenvalue weighted by molar-refractivity contribution is -0.103. The molecule has 4 aliphatic rings. The van der Waals surface area contributed by atoms with Crippen LogP contribution in [0.4, 0.5) is 5.69 Å². The number of anilines is 1. The molecule has 7 atom stereocenters. The first-order valence-electron chi connectivity index (χ1n) is 18.7. The van der Waals surface area contributed by atoms with Crippen LogP contribution in [0, 0.1) is 17.8 Å². The van der Waals surface area contributed by atoms with Gasteiger partial charge in [-0.2, -0.15) is 0 Å². The number of halogens is 1. The third-order valence-electron chi connectivity index (χ3n) is 12.4. The third-order valence-corrected chi connectivity index (χ3v) is 14.1. The van der Waals surface area contributed by atoms with E-state index in [2.05, 4.69) is 73.8 Å². The molecule has 8 nitrogen and oxygen atoms in total. The molecule has 2 aromatic carbocycles. The van der Waals surface area contributed by atoms with E-state index in [1.165, 1.54) is 11.1 Å². The van der Waals surface area contributed by atoms with E-state index in [0.29, 0.717) is 29.5 Å². The van der Waals surface area contributed by atoms with Crippen LogP contribution < -0.4 is 19.7 Å². The molecule has 6 rings (SSSR count). The number of rotatable bonds is 5. The predicted molar refractivity (Wildman–Crippen MR) is 207 cm³/mol. The summed E-state index contributed by atoms with van der Waals surface area (Å²) in [5.74, 6) is 1.79. The molecule has 1 aliphatic carbocycles. The molecule has 2 N–H and O–H groups in total. The van der Waals surface area contributed by atoms with Crippen LogP contribution in [0.3, 0.4) is 0 Å². The van der Waals surface area contributed by atoms with Crippen molar-refractivity contribution in [3.8, 4) is 5.75 Å². The Balaban J connectivity index is 0.000000535. The predicted octanol–water partition coefficient (Wildman–Crippen LogP) is 7.22. The fourth-order valence-corrected chi connectivity index (χ4v) is 9.27. The van der Waals surface area contributed by atoms with Crippen molar-refractivity contribution in [2.24, 2.45) is 17.8 Å². The highest BCUT2D eigenvalue weighted by molar-refractivity contribution is 7.84. The van der Waals surface area contributed by atoms with E-state index in [4.69, 9.17) is 21.1 Å². The Labute approximate surface area is 309 Å². The summed E-state index contributed by atoms with van der Waals surface area (Å²) in [6.45, 7) is 15.3. The quantitative estimate of drug-likeness (QED) is 0.337. The maximum absolute atomic E-state index is 13.3. The van der Waals surface area contributed by atoms with Crippen LogP contribution in [0.15, 0.2) is 36.4 Å². The zero-order valence-electron chi connectivity index (χ0n) is 31.6. The largest absolute Gasteiger partial charge is 0.491 e. The molecule has 50 heavy (non-hydrogen) atoms. The first kappa shape index (κ1) is 39.0. The summed E-state index contributed by atoms with van der Waals surface area (Å²) < 4.78 is 28.7.